The molecule has 3 heteroatoms. The molecule has 0 radical (unpaired) electrons. The highest BCUT2D eigenvalue weighted by Crippen LogP contribution is 2.24. The van der Waals surface area contributed by atoms with Crippen LogP contribution in [0.5, 0.6) is 0 Å². The summed E-state index contributed by atoms with van der Waals surface area (Å²) in [5.74, 6) is 8.24. The molecular weight excluding hydrogens is 200 g/mol. The first-order valence-electron chi connectivity index (χ1n) is 6.25. The van der Waals surface area contributed by atoms with E-state index in [9.17, 15) is 0 Å². The molecule has 0 aliphatic rings. The molecule has 0 aliphatic carbocycles. The standard InChI is InChI=1S/C13H24N2O/c1-4-6-10(3)9-12(15-14)13-8-7-11(5-2)16-13/h7-8,10,12,15H,4-6,9,14H2,1-3H3. The molecule has 1 aromatic rings. The zero-order valence-corrected chi connectivity index (χ0v) is 10.6. The third-order valence-corrected chi connectivity index (χ3v) is 3.00. The monoisotopic (exact) mass is 224 g/mol. The predicted octanol–water partition coefficient (Wildman–Crippen LogP) is 3.17. The summed E-state index contributed by atoms with van der Waals surface area (Å²) in [6.45, 7) is 6.56. The Morgan fingerprint density at radius 1 is 1.38 bits per heavy atom. The number of furan rings is 1. The van der Waals surface area contributed by atoms with Gasteiger partial charge in [0, 0.05) is 6.42 Å². The largest absolute Gasteiger partial charge is 0.464 e. The van der Waals surface area contributed by atoms with Crippen molar-refractivity contribution < 1.29 is 4.42 Å². The Balaban J connectivity index is 2.59. The number of rotatable bonds is 7. The summed E-state index contributed by atoms with van der Waals surface area (Å²) in [4.78, 5) is 0. The normalized spacial score (nSPS) is 15.0. The second-order valence-corrected chi connectivity index (χ2v) is 4.51. The van der Waals surface area contributed by atoms with Crippen LogP contribution in [0.2, 0.25) is 0 Å². The fourth-order valence-electron chi connectivity index (χ4n) is 2.05. The van der Waals surface area contributed by atoms with E-state index in [2.05, 4.69) is 26.2 Å². The average Bonchev–Trinajstić information content (AvgIpc) is 2.74. The third-order valence-electron chi connectivity index (χ3n) is 3.00. The average molecular weight is 224 g/mol. The number of nitrogens with two attached hydrogens (primary N) is 1. The Bertz CT molecular complexity index is 296. The van der Waals surface area contributed by atoms with Gasteiger partial charge in [0.1, 0.15) is 11.5 Å². The number of hydrogen-bond donors (Lipinski definition) is 2. The fraction of sp³-hybridized carbons (Fsp3) is 0.692. The van der Waals surface area contributed by atoms with Crippen molar-refractivity contribution in [1.82, 2.24) is 5.43 Å². The van der Waals surface area contributed by atoms with Gasteiger partial charge in [0.2, 0.25) is 0 Å². The van der Waals surface area contributed by atoms with E-state index in [0.717, 1.165) is 24.4 Å². The van der Waals surface area contributed by atoms with E-state index in [0.29, 0.717) is 5.92 Å². The van der Waals surface area contributed by atoms with Crippen LogP contribution in [0.4, 0.5) is 0 Å². The summed E-state index contributed by atoms with van der Waals surface area (Å²) in [5.41, 5.74) is 2.85. The summed E-state index contributed by atoms with van der Waals surface area (Å²) in [6, 6.07) is 4.20. The van der Waals surface area contributed by atoms with Crippen LogP contribution < -0.4 is 11.3 Å². The van der Waals surface area contributed by atoms with Crippen LogP contribution in [0.1, 0.15) is 57.6 Å². The second kappa shape index (κ2) is 6.71. The molecule has 0 aromatic carbocycles. The lowest BCUT2D eigenvalue weighted by atomic mass is 9.96. The topological polar surface area (TPSA) is 51.2 Å². The minimum Gasteiger partial charge on any atom is -0.464 e. The molecule has 1 rings (SSSR count). The lowest BCUT2D eigenvalue weighted by molar-refractivity contribution is 0.336. The van der Waals surface area contributed by atoms with Crippen molar-refractivity contribution in [3.05, 3.63) is 23.7 Å². The van der Waals surface area contributed by atoms with Crippen LogP contribution in [0, 0.1) is 5.92 Å². The molecule has 0 saturated carbocycles. The van der Waals surface area contributed by atoms with E-state index in [1.54, 1.807) is 0 Å². The first kappa shape index (κ1) is 13.3. The van der Waals surface area contributed by atoms with Gasteiger partial charge in [-0.05, 0) is 24.5 Å². The summed E-state index contributed by atoms with van der Waals surface area (Å²) in [5, 5.41) is 0. The van der Waals surface area contributed by atoms with Crippen LogP contribution in [-0.2, 0) is 6.42 Å². The van der Waals surface area contributed by atoms with Crippen LogP contribution in [-0.4, -0.2) is 0 Å². The third kappa shape index (κ3) is 3.65. The highest BCUT2D eigenvalue weighted by atomic mass is 16.3. The van der Waals surface area contributed by atoms with Gasteiger partial charge in [0.25, 0.3) is 0 Å². The predicted molar refractivity (Wildman–Crippen MR) is 66.8 cm³/mol. The van der Waals surface area contributed by atoms with Crippen LogP contribution >= 0.6 is 0 Å². The number of nitrogens with one attached hydrogen (secondary N) is 1. The fourth-order valence-corrected chi connectivity index (χ4v) is 2.05. The Morgan fingerprint density at radius 2 is 2.12 bits per heavy atom. The van der Waals surface area contributed by atoms with Gasteiger partial charge in [-0.3, -0.25) is 5.84 Å². The van der Waals surface area contributed by atoms with Crippen molar-refractivity contribution in [3.8, 4) is 0 Å². The molecule has 0 aliphatic heterocycles. The van der Waals surface area contributed by atoms with Crippen molar-refractivity contribution in [3.63, 3.8) is 0 Å². The lowest BCUT2D eigenvalue weighted by Gasteiger charge is -2.18. The Kier molecular flexibility index (Phi) is 5.56. The van der Waals surface area contributed by atoms with Gasteiger partial charge in [-0.2, -0.15) is 0 Å². The van der Waals surface area contributed by atoms with Gasteiger partial charge in [-0.1, -0.05) is 33.6 Å². The molecular formula is C13H24N2O. The van der Waals surface area contributed by atoms with Crippen LogP contribution in [0.15, 0.2) is 16.5 Å². The van der Waals surface area contributed by atoms with Crippen molar-refractivity contribution >= 4 is 0 Å². The van der Waals surface area contributed by atoms with Crippen molar-refractivity contribution in [2.24, 2.45) is 11.8 Å². The Labute approximate surface area is 98.4 Å². The molecule has 0 spiro atoms. The minimum atomic E-state index is 0.141. The van der Waals surface area contributed by atoms with E-state index >= 15 is 0 Å². The molecule has 1 aromatic heterocycles. The Morgan fingerprint density at radius 3 is 2.62 bits per heavy atom. The molecule has 1 heterocycles. The lowest BCUT2D eigenvalue weighted by Crippen LogP contribution is -2.29. The van der Waals surface area contributed by atoms with Crippen LogP contribution in [0.3, 0.4) is 0 Å². The molecule has 3 N–H and O–H groups in total. The molecule has 0 bridgehead atoms. The molecule has 3 nitrogen and oxygen atoms in total. The van der Waals surface area contributed by atoms with E-state index in [1.807, 2.05) is 12.1 Å². The first-order valence-corrected chi connectivity index (χ1v) is 6.25. The molecule has 92 valence electrons. The summed E-state index contributed by atoms with van der Waals surface area (Å²) in [7, 11) is 0. The number of aryl methyl sites for hydroxylation is 1. The van der Waals surface area contributed by atoms with E-state index in [-0.39, 0.29) is 6.04 Å². The Hall–Kier alpha value is -0.800. The molecule has 0 amide bonds. The summed E-state index contributed by atoms with van der Waals surface area (Å²) >= 11 is 0. The molecule has 0 saturated heterocycles. The van der Waals surface area contributed by atoms with Crippen molar-refractivity contribution in [2.45, 2.75) is 52.5 Å². The van der Waals surface area contributed by atoms with Gasteiger partial charge >= 0.3 is 0 Å². The molecule has 2 unspecified atom stereocenters. The van der Waals surface area contributed by atoms with E-state index in [1.165, 1.54) is 12.8 Å². The van der Waals surface area contributed by atoms with Gasteiger partial charge in [0.15, 0.2) is 0 Å². The smallest absolute Gasteiger partial charge is 0.122 e. The zero-order valence-electron chi connectivity index (χ0n) is 10.6. The molecule has 2 atom stereocenters. The minimum absolute atomic E-state index is 0.141. The summed E-state index contributed by atoms with van der Waals surface area (Å²) < 4.78 is 5.72. The zero-order chi connectivity index (χ0) is 12.0. The van der Waals surface area contributed by atoms with Gasteiger partial charge < -0.3 is 4.42 Å². The maximum Gasteiger partial charge on any atom is 0.122 e. The van der Waals surface area contributed by atoms with Gasteiger partial charge in [-0.25, -0.2) is 5.43 Å². The van der Waals surface area contributed by atoms with Gasteiger partial charge in [0.05, 0.1) is 6.04 Å². The first-order chi connectivity index (χ1) is 7.71. The SMILES string of the molecule is CCCC(C)CC(NN)c1ccc(CC)o1. The van der Waals surface area contributed by atoms with E-state index in [4.69, 9.17) is 10.3 Å². The maximum atomic E-state index is 5.72. The second-order valence-electron chi connectivity index (χ2n) is 4.51. The van der Waals surface area contributed by atoms with E-state index < -0.39 is 0 Å². The molecule has 16 heavy (non-hydrogen) atoms. The molecule has 0 fully saturated rings. The van der Waals surface area contributed by atoms with Crippen molar-refractivity contribution in [2.75, 3.05) is 0 Å². The highest BCUT2D eigenvalue weighted by molar-refractivity contribution is 5.10. The highest BCUT2D eigenvalue weighted by Gasteiger charge is 2.16. The maximum absolute atomic E-state index is 5.72. The number of hydrogen-bond acceptors (Lipinski definition) is 3. The van der Waals surface area contributed by atoms with Crippen molar-refractivity contribution in [1.29, 1.82) is 0 Å². The number of hydrazine groups is 1. The summed E-state index contributed by atoms with van der Waals surface area (Å²) in [6.07, 6.45) is 4.42. The quantitative estimate of drug-likeness (QED) is 0.552. The van der Waals surface area contributed by atoms with Crippen LogP contribution in [0.25, 0.3) is 0 Å². The van der Waals surface area contributed by atoms with Gasteiger partial charge in [-0.15, -0.1) is 0 Å².